The summed E-state index contributed by atoms with van der Waals surface area (Å²) in [6.07, 6.45) is 7.24. The highest BCUT2D eigenvalue weighted by Crippen LogP contribution is 2.48. The maximum Gasteiger partial charge on any atom is 0.119 e. The van der Waals surface area contributed by atoms with E-state index in [4.69, 9.17) is 4.74 Å². The molecule has 0 unspecified atom stereocenters. The van der Waals surface area contributed by atoms with Crippen molar-refractivity contribution in [3.05, 3.63) is 42.5 Å². The zero-order valence-corrected chi connectivity index (χ0v) is 12.0. The van der Waals surface area contributed by atoms with E-state index >= 15 is 0 Å². The average Bonchev–Trinajstić information content (AvgIpc) is 3.18. The van der Waals surface area contributed by atoms with Gasteiger partial charge in [-0.1, -0.05) is 38.1 Å². The highest BCUT2D eigenvalue weighted by Gasteiger charge is 2.40. The second-order valence-corrected chi connectivity index (χ2v) is 5.60. The van der Waals surface area contributed by atoms with Gasteiger partial charge in [-0.15, -0.1) is 0 Å². The van der Waals surface area contributed by atoms with Crippen LogP contribution in [0.4, 0.5) is 0 Å². The van der Waals surface area contributed by atoms with Gasteiger partial charge in [-0.25, -0.2) is 0 Å². The van der Waals surface area contributed by atoms with E-state index in [1.807, 2.05) is 12.1 Å². The molecule has 2 heteroatoms. The summed E-state index contributed by atoms with van der Waals surface area (Å²) in [5, 5.41) is 3.59. The number of rotatable bonds is 9. The Bertz CT molecular complexity index is 392. The van der Waals surface area contributed by atoms with Crippen LogP contribution in [0, 0.1) is 5.41 Å². The maximum absolute atomic E-state index is 5.47. The van der Waals surface area contributed by atoms with Crippen molar-refractivity contribution in [3.63, 3.8) is 0 Å². The Kier molecular flexibility index (Phi) is 5.03. The van der Waals surface area contributed by atoms with Crippen LogP contribution in [0.25, 0.3) is 0 Å². The molecule has 0 saturated heterocycles. The molecule has 1 aliphatic rings. The van der Waals surface area contributed by atoms with Crippen LogP contribution in [0.3, 0.4) is 0 Å². The summed E-state index contributed by atoms with van der Waals surface area (Å²) < 4.78 is 5.47. The van der Waals surface area contributed by atoms with Gasteiger partial charge in [0, 0.05) is 13.1 Å². The molecule has 0 radical (unpaired) electrons. The van der Waals surface area contributed by atoms with E-state index < -0.39 is 0 Å². The van der Waals surface area contributed by atoms with Gasteiger partial charge in [0.2, 0.25) is 0 Å². The third-order valence-corrected chi connectivity index (χ3v) is 3.86. The number of hydrogen-bond donors (Lipinski definition) is 1. The SMILES string of the molecule is C=CCOc1ccc(CNCC2(CCC)CC2)cc1. The molecule has 2 rings (SSSR count). The van der Waals surface area contributed by atoms with E-state index in [0.717, 1.165) is 18.8 Å². The molecule has 1 fully saturated rings. The van der Waals surface area contributed by atoms with E-state index in [1.54, 1.807) is 6.08 Å². The lowest BCUT2D eigenvalue weighted by atomic mass is 10.0. The van der Waals surface area contributed by atoms with Crippen molar-refractivity contribution in [1.29, 1.82) is 0 Å². The van der Waals surface area contributed by atoms with Crippen molar-refractivity contribution in [2.24, 2.45) is 5.41 Å². The Morgan fingerprint density at radius 2 is 2.05 bits per heavy atom. The van der Waals surface area contributed by atoms with Crippen molar-refractivity contribution in [1.82, 2.24) is 5.32 Å². The first-order valence-corrected chi connectivity index (χ1v) is 7.31. The van der Waals surface area contributed by atoms with Crippen LogP contribution in [0.5, 0.6) is 5.75 Å². The fourth-order valence-electron chi connectivity index (χ4n) is 2.55. The molecule has 104 valence electrons. The summed E-state index contributed by atoms with van der Waals surface area (Å²) in [6.45, 7) is 8.60. The first-order chi connectivity index (χ1) is 9.28. The van der Waals surface area contributed by atoms with Crippen molar-refractivity contribution >= 4 is 0 Å². The highest BCUT2D eigenvalue weighted by molar-refractivity contribution is 5.27. The van der Waals surface area contributed by atoms with Crippen LogP contribution in [-0.4, -0.2) is 13.2 Å². The van der Waals surface area contributed by atoms with Crippen LogP contribution in [0.2, 0.25) is 0 Å². The molecule has 1 aromatic carbocycles. The molecule has 1 aromatic rings. The first-order valence-electron chi connectivity index (χ1n) is 7.31. The summed E-state index contributed by atoms with van der Waals surface area (Å²) in [7, 11) is 0. The van der Waals surface area contributed by atoms with Crippen LogP contribution in [0.15, 0.2) is 36.9 Å². The van der Waals surface area contributed by atoms with Gasteiger partial charge < -0.3 is 10.1 Å². The Labute approximate surface area is 116 Å². The monoisotopic (exact) mass is 259 g/mol. The number of nitrogens with one attached hydrogen (secondary N) is 1. The molecule has 1 aliphatic carbocycles. The highest BCUT2D eigenvalue weighted by atomic mass is 16.5. The minimum Gasteiger partial charge on any atom is -0.490 e. The van der Waals surface area contributed by atoms with Gasteiger partial charge in [-0.3, -0.25) is 0 Å². The second-order valence-electron chi connectivity index (χ2n) is 5.60. The molecular weight excluding hydrogens is 234 g/mol. The molecule has 0 atom stereocenters. The van der Waals surface area contributed by atoms with Crippen molar-refractivity contribution in [2.75, 3.05) is 13.2 Å². The summed E-state index contributed by atoms with van der Waals surface area (Å²) in [5.74, 6) is 0.910. The van der Waals surface area contributed by atoms with Gasteiger partial charge in [0.05, 0.1) is 0 Å². The van der Waals surface area contributed by atoms with Crippen molar-refractivity contribution < 1.29 is 4.74 Å². The largest absolute Gasteiger partial charge is 0.490 e. The molecule has 1 N–H and O–H groups in total. The Morgan fingerprint density at radius 3 is 2.63 bits per heavy atom. The topological polar surface area (TPSA) is 21.3 Å². The molecule has 0 aliphatic heterocycles. The van der Waals surface area contributed by atoms with E-state index in [1.165, 1.54) is 31.2 Å². The summed E-state index contributed by atoms with van der Waals surface area (Å²) >= 11 is 0. The Morgan fingerprint density at radius 1 is 1.32 bits per heavy atom. The maximum atomic E-state index is 5.47. The zero-order valence-electron chi connectivity index (χ0n) is 12.0. The van der Waals surface area contributed by atoms with Gasteiger partial charge in [-0.05, 0) is 42.4 Å². The second kappa shape index (κ2) is 6.76. The summed E-state index contributed by atoms with van der Waals surface area (Å²) in [4.78, 5) is 0. The van der Waals surface area contributed by atoms with Crippen molar-refractivity contribution in [3.8, 4) is 5.75 Å². The molecular formula is C17H25NO. The first kappa shape index (κ1) is 14.1. The van der Waals surface area contributed by atoms with Crippen molar-refractivity contribution in [2.45, 2.75) is 39.2 Å². The predicted octanol–water partition coefficient (Wildman–Crippen LogP) is 3.92. The quantitative estimate of drug-likeness (QED) is 0.679. The molecule has 0 heterocycles. The van der Waals surface area contributed by atoms with Crippen LogP contribution < -0.4 is 10.1 Å². The lowest BCUT2D eigenvalue weighted by molar-refractivity contribution is 0.363. The van der Waals surface area contributed by atoms with Gasteiger partial charge in [-0.2, -0.15) is 0 Å². The third-order valence-electron chi connectivity index (χ3n) is 3.86. The zero-order chi connectivity index (χ0) is 13.6. The van der Waals surface area contributed by atoms with E-state index in [2.05, 4.69) is 31.0 Å². The van der Waals surface area contributed by atoms with E-state index in [0.29, 0.717) is 12.0 Å². The van der Waals surface area contributed by atoms with Gasteiger partial charge in [0.25, 0.3) is 0 Å². The van der Waals surface area contributed by atoms with Gasteiger partial charge in [0.15, 0.2) is 0 Å². The lowest BCUT2D eigenvalue weighted by Crippen LogP contribution is -2.23. The Balaban J connectivity index is 1.72. The van der Waals surface area contributed by atoms with Crippen LogP contribution in [0.1, 0.15) is 38.2 Å². The molecule has 2 nitrogen and oxygen atoms in total. The van der Waals surface area contributed by atoms with Gasteiger partial charge in [0.1, 0.15) is 12.4 Å². The molecule has 1 saturated carbocycles. The molecule has 0 aromatic heterocycles. The van der Waals surface area contributed by atoms with E-state index in [9.17, 15) is 0 Å². The molecule has 0 spiro atoms. The van der Waals surface area contributed by atoms with Gasteiger partial charge >= 0.3 is 0 Å². The molecule has 0 amide bonds. The summed E-state index contributed by atoms with van der Waals surface area (Å²) in [6, 6.07) is 8.31. The Hall–Kier alpha value is -1.28. The fraction of sp³-hybridized carbons (Fsp3) is 0.529. The minimum atomic E-state index is 0.567. The fourth-order valence-corrected chi connectivity index (χ4v) is 2.55. The average molecular weight is 259 g/mol. The smallest absolute Gasteiger partial charge is 0.119 e. The van der Waals surface area contributed by atoms with Crippen LogP contribution in [-0.2, 0) is 6.54 Å². The number of benzene rings is 1. The predicted molar refractivity (Wildman–Crippen MR) is 80.4 cm³/mol. The minimum absolute atomic E-state index is 0.567. The summed E-state index contributed by atoms with van der Waals surface area (Å²) in [5.41, 5.74) is 1.94. The standard InChI is InChI=1S/C17H25NO/c1-3-9-17(10-11-17)14-18-13-15-5-7-16(8-6-15)19-12-4-2/h4-8,18H,2-3,9-14H2,1H3. The number of ether oxygens (including phenoxy) is 1. The van der Waals surface area contributed by atoms with E-state index in [-0.39, 0.29) is 0 Å². The van der Waals surface area contributed by atoms with Crippen LogP contribution >= 0.6 is 0 Å². The molecule has 0 bridgehead atoms. The lowest BCUT2D eigenvalue weighted by Gasteiger charge is -2.15. The normalized spacial score (nSPS) is 16.1. The molecule has 19 heavy (non-hydrogen) atoms. The number of hydrogen-bond acceptors (Lipinski definition) is 2. The third kappa shape index (κ3) is 4.39.